The zero-order valence-electron chi connectivity index (χ0n) is 26.0. The molecule has 242 valence electrons. The normalized spacial score (nSPS) is 20.8. The second kappa shape index (κ2) is 13.4. The van der Waals surface area contributed by atoms with E-state index in [9.17, 15) is 24.0 Å². The molecule has 13 heteroatoms. The summed E-state index contributed by atoms with van der Waals surface area (Å²) in [5, 5.41) is -0.257. The first-order chi connectivity index (χ1) is 22.3. The number of thiazole rings is 1. The molecule has 2 unspecified atom stereocenters. The van der Waals surface area contributed by atoms with E-state index in [1.807, 2.05) is 24.3 Å². The van der Waals surface area contributed by atoms with Gasteiger partial charge in [-0.1, -0.05) is 35.2 Å². The Bertz CT molecular complexity index is 1690. The van der Waals surface area contributed by atoms with Gasteiger partial charge in [0.2, 0.25) is 17.7 Å². The van der Waals surface area contributed by atoms with Crippen LogP contribution in [0.15, 0.2) is 58.4 Å². The largest absolute Gasteiger partial charge is 0.462 e. The van der Waals surface area contributed by atoms with Crippen molar-refractivity contribution in [2.24, 2.45) is 5.92 Å². The zero-order valence-corrected chi connectivity index (χ0v) is 27.6. The van der Waals surface area contributed by atoms with Gasteiger partial charge >= 0.3 is 10.8 Å². The molecule has 46 heavy (non-hydrogen) atoms. The maximum Gasteiger partial charge on any atom is 0.338 e. The van der Waals surface area contributed by atoms with Crippen molar-refractivity contribution >= 4 is 58.2 Å². The number of rotatable bonds is 9. The van der Waals surface area contributed by atoms with Gasteiger partial charge in [0, 0.05) is 42.7 Å². The van der Waals surface area contributed by atoms with Gasteiger partial charge in [0.1, 0.15) is 11.8 Å². The molecule has 2 fully saturated rings. The fourth-order valence-corrected chi connectivity index (χ4v) is 9.13. The van der Waals surface area contributed by atoms with E-state index >= 15 is 0 Å². The summed E-state index contributed by atoms with van der Waals surface area (Å²) in [5.74, 6) is -2.78. The van der Waals surface area contributed by atoms with E-state index in [0.29, 0.717) is 47.5 Å². The lowest BCUT2D eigenvalue weighted by Crippen LogP contribution is -2.43. The third-order valence-electron chi connectivity index (χ3n) is 8.72. The van der Waals surface area contributed by atoms with E-state index < -0.39 is 29.0 Å². The Morgan fingerprint density at radius 2 is 1.61 bits per heavy atom. The molecule has 3 atom stereocenters. The van der Waals surface area contributed by atoms with E-state index in [1.54, 1.807) is 24.0 Å². The van der Waals surface area contributed by atoms with Crippen molar-refractivity contribution in [1.82, 2.24) is 9.47 Å². The molecule has 3 aliphatic rings. The number of thioether (sulfide) groups is 1. The van der Waals surface area contributed by atoms with Crippen LogP contribution in [0.3, 0.4) is 0 Å². The van der Waals surface area contributed by atoms with Crippen LogP contribution in [0.1, 0.15) is 47.5 Å². The molecule has 0 saturated carbocycles. The minimum Gasteiger partial charge on any atom is -0.462 e. The lowest BCUT2D eigenvalue weighted by atomic mass is 9.83. The fourth-order valence-electron chi connectivity index (χ4n) is 6.36. The third kappa shape index (κ3) is 5.75. The molecule has 11 nitrogen and oxygen atoms in total. The van der Waals surface area contributed by atoms with E-state index in [0.717, 1.165) is 35.7 Å². The highest BCUT2D eigenvalue weighted by molar-refractivity contribution is 8.00. The molecule has 6 rings (SSSR count). The first-order valence-corrected chi connectivity index (χ1v) is 17.2. The topological polar surface area (TPSA) is 118 Å². The maximum atomic E-state index is 14.2. The van der Waals surface area contributed by atoms with Gasteiger partial charge < -0.3 is 19.3 Å². The number of ether oxygens (including phenoxy) is 2. The number of imide groups is 1. The number of amides is 3. The Hall–Kier alpha value is -3.94. The summed E-state index contributed by atoms with van der Waals surface area (Å²) in [5.41, 5.74) is 2.53. The SMILES string of the molecule is CCOC(=O)c1ccc(N2C(=O)C3Sc4c(sc(=O)n4CC(=O)N4CCOCC4)[C@H](c4ccc(N(CC)CC)cc4)C3C2=O)cc1. The Morgan fingerprint density at radius 3 is 2.24 bits per heavy atom. The van der Waals surface area contributed by atoms with Gasteiger partial charge in [-0.15, -0.1) is 0 Å². The van der Waals surface area contributed by atoms with Crippen LogP contribution in [-0.2, 0) is 30.4 Å². The molecule has 1 aromatic heterocycles. The Labute approximate surface area is 275 Å². The Morgan fingerprint density at radius 1 is 0.935 bits per heavy atom. The number of hydrogen-bond acceptors (Lipinski definition) is 10. The Balaban J connectivity index is 1.39. The second-order valence-corrected chi connectivity index (χ2v) is 13.3. The lowest BCUT2D eigenvalue weighted by molar-refractivity contribution is -0.136. The van der Waals surface area contributed by atoms with E-state index in [-0.39, 0.29) is 29.8 Å². The number of hydrogen-bond donors (Lipinski definition) is 0. The third-order valence-corrected chi connectivity index (χ3v) is 11.3. The molecular formula is C33H36N4O7S2. The van der Waals surface area contributed by atoms with Crippen molar-refractivity contribution in [3.8, 4) is 0 Å². The van der Waals surface area contributed by atoms with Crippen LogP contribution < -0.4 is 14.7 Å². The molecule has 0 aliphatic carbocycles. The zero-order chi connectivity index (χ0) is 32.5. The van der Waals surface area contributed by atoms with Gasteiger partial charge in [-0.2, -0.15) is 0 Å². The van der Waals surface area contributed by atoms with E-state index in [1.165, 1.54) is 33.4 Å². The fraction of sp³-hybridized carbons (Fsp3) is 0.424. The number of esters is 1. The van der Waals surface area contributed by atoms with Gasteiger partial charge in [-0.25, -0.2) is 9.69 Å². The van der Waals surface area contributed by atoms with Crippen LogP contribution in [0.25, 0.3) is 0 Å². The standard InChI is InChI=1S/C33H36N4O7S2/c1-4-34(5-2)22-11-7-20(8-12-22)25-26-27(30(40)37(29(26)39)23-13-9-21(10-14-23)32(41)44-6-3)45-31-28(25)46-33(42)36(31)19-24(38)35-15-17-43-18-16-35/h7-14,25-27H,4-6,15-19H2,1-3H3/t25-,26?,27?/m1/s1. The van der Waals surface area contributed by atoms with Crippen LogP contribution in [0.4, 0.5) is 11.4 Å². The number of nitrogens with zero attached hydrogens (tertiary/aromatic N) is 4. The molecule has 2 saturated heterocycles. The minimum absolute atomic E-state index is 0.149. The van der Waals surface area contributed by atoms with Crippen molar-refractivity contribution in [1.29, 1.82) is 0 Å². The molecule has 3 aromatic rings. The number of carbonyl (C=O) groups is 4. The van der Waals surface area contributed by atoms with E-state index in [2.05, 4.69) is 18.7 Å². The predicted molar refractivity (Wildman–Crippen MR) is 176 cm³/mol. The van der Waals surface area contributed by atoms with Crippen molar-refractivity contribution in [2.75, 3.05) is 55.8 Å². The summed E-state index contributed by atoms with van der Waals surface area (Å²) in [4.78, 5) is 72.7. The van der Waals surface area contributed by atoms with Gasteiger partial charge in [-0.05, 0) is 62.7 Å². The molecule has 0 bridgehead atoms. The molecule has 0 radical (unpaired) electrons. The van der Waals surface area contributed by atoms with Gasteiger partial charge in [0.15, 0.2) is 0 Å². The summed E-state index contributed by atoms with van der Waals surface area (Å²) >= 11 is 2.22. The van der Waals surface area contributed by atoms with Crippen LogP contribution >= 0.6 is 23.1 Å². The van der Waals surface area contributed by atoms with Crippen LogP contribution in [0.2, 0.25) is 0 Å². The molecule has 2 aromatic carbocycles. The lowest BCUT2D eigenvalue weighted by Gasteiger charge is -2.31. The highest BCUT2D eigenvalue weighted by Gasteiger charge is 2.57. The molecule has 4 heterocycles. The van der Waals surface area contributed by atoms with Crippen molar-refractivity contribution in [3.05, 3.63) is 74.2 Å². The van der Waals surface area contributed by atoms with E-state index in [4.69, 9.17) is 9.47 Å². The van der Waals surface area contributed by atoms with Crippen molar-refractivity contribution in [2.45, 2.75) is 43.5 Å². The average Bonchev–Trinajstić information content (AvgIpc) is 3.52. The number of anilines is 2. The summed E-state index contributed by atoms with van der Waals surface area (Å²) in [7, 11) is 0. The smallest absolute Gasteiger partial charge is 0.338 e. The first-order valence-electron chi connectivity index (χ1n) is 15.5. The van der Waals surface area contributed by atoms with Crippen LogP contribution in [-0.4, -0.2) is 84.4 Å². The summed E-state index contributed by atoms with van der Waals surface area (Å²) in [6, 6.07) is 14.2. The van der Waals surface area contributed by atoms with Gasteiger partial charge in [0.05, 0.1) is 42.0 Å². The summed E-state index contributed by atoms with van der Waals surface area (Å²) in [6.07, 6.45) is 0. The van der Waals surface area contributed by atoms with Gasteiger partial charge in [0.25, 0.3) is 0 Å². The van der Waals surface area contributed by atoms with Crippen LogP contribution in [0, 0.1) is 5.92 Å². The molecular weight excluding hydrogens is 629 g/mol. The number of morpholine rings is 1. The number of benzene rings is 2. The van der Waals surface area contributed by atoms with Crippen LogP contribution in [0.5, 0.6) is 0 Å². The number of aromatic nitrogens is 1. The summed E-state index contributed by atoms with van der Waals surface area (Å²) in [6.45, 7) is 9.44. The Kier molecular flexibility index (Phi) is 9.34. The van der Waals surface area contributed by atoms with Crippen molar-refractivity contribution in [3.63, 3.8) is 0 Å². The van der Waals surface area contributed by atoms with Crippen molar-refractivity contribution < 1.29 is 28.7 Å². The average molecular weight is 665 g/mol. The predicted octanol–water partition coefficient (Wildman–Crippen LogP) is 3.59. The number of fused-ring (bicyclic) bond motifs is 2. The summed E-state index contributed by atoms with van der Waals surface area (Å²) < 4.78 is 11.9. The first kappa shape index (κ1) is 32.0. The molecule has 0 spiro atoms. The maximum absolute atomic E-state index is 14.2. The van der Waals surface area contributed by atoms with Gasteiger partial charge in [-0.3, -0.25) is 23.7 Å². The highest BCUT2D eigenvalue weighted by Crippen LogP contribution is 2.54. The monoisotopic (exact) mass is 664 g/mol. The molecule has 3 amide bonds. The highest BCUT2D eigenvalue weighted by atomic mass is 32.2. The quantitative estimate of drug-likeness (QED) is 0.250. The second-order valence-electron chi connectivity index (χ2n) is 11.2. The number of carbonyl (C=O) groups excluding carboxylic acids is 4. The molecule has 3 aliphatic heterocycles. The molecule has 0 N–H and O–H groups in total. The minimum atomic E-state index is -0.809.